The maximum absolute atomic E-state index is 2.83. The van der Waals surface area contributed by atoms with Gasteiger partial charge in [0.2, 0.25) is 0 Å². The summed E-state index contributed by atoms with van der Waals surface area (Å²) in [5.74, 6) is 0. The molecule has 0 unspecified atom stereocenters. The van der Waals surface area contributed by atoms with E-state index >= 15 is 0 Å². The maximum Gasteiger partial charge on any atom is 0.0590 e. The van der Waals surface area contributed by atoms with Gasteiger partial charge in [-0.2, -0.15) is 0 Å². The van der Waals surface area contributed by atoms with E-state index in [0.29, 0.717) is 0 Å². The zero-order valence-electron chi connectivity index (χ0n) is 19.1. The Morgan fingerprint density at radius 2 is 0.967 bits per heavy atom. The van der Waals surface area contributed by atoms with Crippen molar-refractivity contribution in [2.45, 2.75) is 36.8 Å². The largest absolute Gasteiger partial charge is 0.378 e. The van der Waals surface area contributed by atoms with Crippen molar-refractivity contribution >= 4 is 11.4 Å². The molecular formula is C26H36N4. The second-order valence-corrected chi connectivity index (χ2v) is 10.00. The topological polar surface area (TPSA) is 13.0 Å². The van der Waals surface area contributed by atoms with Crippen LogP contribution in [0.25, 0.3) is 0 Å². The molecule has 4 nitrogen and oxygen atoms in total. The van der Waals surface area contributed by atoms with Crippen LogP contribution in [0.15, 0.2) is 48.5 Å². The predicted molar refractivity (Wildman–Crippen MR) is 127 cm³/mol. The Labute approximate surface area is 182 Å². The molecule has 3 heterocycles. The fourth-order valence-corrected chi connectivity index (χ4v) is 6.30. The van der Waals surface area contributed by atoms with Crippen molar-refractivity contribution in [2.24, 2.45) is 0 Å². The maximum atomic E-state index is 2.83. The van der Waals surface area contributed by atoms with Gasteiger partial charge in [0.1, 0.15) is 0 Å². The Hall–Kier alpha value is -2.04. The average Bonchev–Trinajstić information content (AvgIpc) is 3.36. The average molecular weight is 405 g/mol. The third-order valence-corrected chi connectivity index (χ3v) is 7.99. The molecule has 0 amide bonds. The van der Waals surface area contributed by atoms with Crippen LogP contribution < -0.4 is 9.80 Å². The minimum atomic E-state index is 0.183. The number of fused-ring (bicyclic) bond motifs is 2. The zero-order valence-corrected chi connectivity index (χ0v) is 19.1. The van der Waals surface area contributed by atoms with Crippen molar-refractivity contribution in [3.05, 3.63) is 59.7 Å². The van der Waals surface area contributed by atoms with Crippen molar-refractivity contribution in [1.82, 2.24) is 9.80 Å². The third kappa shape index (κ3) is 2.96. The fourth-order valence-electron chi connectivity index (χ4n) is 6.30. The van der Waals surface area contributed by atoms with Gasteiger partial charge < -0.3 is 9.80 Å². The number of hydrogen-bond donors (Lipinski definition) is 0. The number of piperazine rings is 1. The Morgan fingerprint density at radius 3 is 1.30 bits per heavy atom. The Balaban J connectivity index is 1.49. The first-order valence-electron chi connectivity index (χ1n) is 11.5. The summed E-state index contributed by atoms with van der Waals surface area (Å²) in [6.07, 6.45) is 5.17. The SMILES string of the molecule is CN(C)c1ccc([C@@]23CCCN2C[C@]2(c4ccc(N(C)C)cc4)CCCN2C3)cc1. The quantitative estimate of drug-likeness (QED) is 0.760. The van der Waals surface area contributed by atoms with Crippen LogP contribution in [0.1, 0.15) is 36.8 Å². The van der Waals surface area contributed by atoms with Gasteiger partial charge in [0.25, 0.3) is 0 Å². The van der Waals surface area contributed by atoms with Gasteiger partial charge in [-0.05, 0) is 74.2 Å². The lowest BCUT2D eigenvalue weighted by molar-refractivity contribution is -0.0507. The van der Waals surface area contributed by atoms with Crippen molar-refractivity contribution in [1.29, 1.82) is 0 Å². The molecule has 3 fully saturated rings. The van der Waals surface area contributed by atoms with Crippen molar-refractivity contribution in [3.8, 4) is 0 Å². The second-order valence-electron chi connectivity index (χ2n) is 10.00. The summed E-state index contributed by atoms with van der Waals surface area (Å²) >= 11 is 0. The Kier molecular flexibility index (Phi) is 4.83. The molecule has 0 aliphatic carbocycles. The van der Waals surface area contributed by atoms with Crippen LogP contribution in [0.4, 0.5) is 11.4 Å². The van der Waals surface area contributed by atoms with Crippen molar-refractivity contribution in [2.75, 3.05) is 64.2 Å². The molecule has 3 aliphatic rings. The number of anilines is 2. The molecule has 4 heteroatoms. The smallest absolute Gasteiger partial charge is 0.0590 e. The summed E-state index contributed by atoms with van der Waals surface area (Å²) < 4.78 is 0. The molecule has 3 aliphatic heterocycles. The van der Waals surface area contributed by atoms with E-state index in [1.807, 2.05) is 0 Å². The molecule has 0 bridgehead atoms. The molecule has 2 aromatic carbocycles. The van der Waals surface area contributed by atoms with E-state index in [9.17, 15) is 0 Å². The van der Waals surface area contributed by atoms with Gasteiger partial charge in [-0.3, -0.25) is 9.80 Å². The van der Waals surface area contributed by atoms with Gasteiger partial charge in [-0.15, -0.1) is 0 Å². The molecule has 30 heavy (non-hydrogen) atoms. The minimum absolute atomic E-state index is 0.183. The van der Waals surface area contributed by atoms with E-state index in [0.717, 1.165) is 13.1 Å². The van der Waals surface area contributed by atoms with E-state index in [1.165, 1.54) is 61.3 Å². The lowest BCUT2D eigenvalue weighted by Crippen LogP contribution is -2.64. The van der Waals surface area contributed by atoms with E-state index in [1.54, 1.807) is 0 Å². The monoisotopic (exact) mass is 404 g/mol. The van der Waals surface area contributed by atoms with Crippen LogP contribution in [0.3, 0.4) is 0 Å². The predicted octanol–water partition coefficient (Wildman–Crippen LogP) is 4.11. The first-order chi connectivity index (χ1) is 14.4. The molecule has 2 aromatic rings. The fraction of sp³-hybridized carbons (Fsp3) is 0.538. The van der Waals surface area contributed by atoms with Crippen LogP contribution in [-0.4, -0.2) is 64.2 Å². The molecule has 160 valence electrons. The van der Waals surface area contributed by atoms with Gasteiger partial charge in [0.05, 0.1) is 11.1 Å². The molecule has 0 aromatic heterocycles. The third-order valence-electron chi connectivity index (χ3n) is 7.99. The molecule has 0 radical (unpaired) electrons. The number of rotatable bonds is 4. The van der Waals surface area contributed by atoms with E-state index in [-0.39, 0.29) is 11.1 Å². The highest BCUT2D eigenvalue weighted by Gasteiger charge is 2.56. The Morgan fingerprint density at radius 1 is 0.600 bits per heavy atom. The molecule has 3 saturated heterocycles. The van der Waals surface area contributed by atoms with E-state index in [4.69, 9.17) is 0 Å². The summed E-state index contributed by atoms with van der Waals surface area (Å²) in [5.41, 5.74) is 5.95. The van der Waals surface area contributed by atoms with Gasteiger partial charge in [-0.1, -0.05) is 24.3 Å². The highest BCUT2D eigenvalue weighted by molar-refractivity contribution is 5.49. The highest BCUT2D eigenvalue weighted by Crippen LogP contribution is 2.52. The molecule has 0 N–H and O–H groups in total. The number of nitrogens with zero attached hydrogens (tertiary/aromatic N) is 4. The van der Waals surface area contributed by atoms with Crippen molar-refractivity contribution in [3.63, 3.8) is 0 Å². The molecule has 0 saturated carbocycles. The molecule has 5 rings (SSSR count). The standard InChI is InChI=1S/C26H36N4/c1-27(2)23-11-7-21(8-12-23)25-15-5-17-29(25)20-26(16-6-18-30(26)19-25)22-9-13-24(14-10-22)28(3)4/h7-14H,5-6,15-20H2,1-4H3/t25-,26-/m0/s1. The molecule has 2 atom stereocenters. The first-order valence-corrected chi connectivity index (χ1v) is 11.5. The van der Waals surface area contributed by atoms with Crippen LogP contribution in [-0.2, 0) is 11.1 Å². The lowest BCUT2D eigenvalue weighted by Gasteiger charge is -2.55. The van der Waals surface area contributed by atoms with E-state index < -0.39 is 0 Å². The number of hydrogen-bond acceptors (Lipinski definition) is 4. The van der Waals surface area contributed by atoms with Gasteiger partial charge in [0, 0.05) is 52.7 Å². The normalized spacial score (nSPS) is 28.9. The molecular weight excluding hydrogens is 368 g/mol. The first kappa shape index (κ1) is 19.9. The van der Waals surface area contributed by atoms with Gasteiger partial charge in [0.15, 0.2) is 0 Å². The Bertz CT molecular complexity index is 813. The highest BCUT2D eigenvalue weighted by atomic mass is 15.4. The minimum Gasteiger partial charge on any atom is -0.378 e. The van der Waals surface area contributed by atoms with Crippen LogP contribution in [0.5, 0.6) is 0 Å². The molecule has 0 spiro atoms. The van der Waals surface area contributed by atoms with E-state index in [2.05, 4.69) is 96.3 Å². The van der Waals surface area contributed by atoms with Crippen molar-refractivity contribution < 1.29 is 0 Å². The van der Waals surface area contributed by atoms with Crippen LogP contribution in [0.2, 0.25) is 0 Å². The lowest BCUT2D eigenvalue weighted by atomic mass is 9.77. The number of benzene rings is 2. The van der Waals surface area contributed by atoms with Gasteiger partial charge >= 0.3 is 0 Å². The van der Waals surface area contributed by atoms with Crippen LogP contribution >= 0.6 is 0 Å². The summed E-state index contributed by atoms with van der Waals surface area (Å²) in [6, 6.07) is 18.8. The van der Waals surface area contributed by atoms with Crippen LogP contribution in [0, 0.1) is 0 Å². The summed E-state index contributed by atoms with van der Waals surface area (Å²) in [5, 5.41) is 0. The summed E-state index contributed by atoms with van der Waals surface area (Å²) in [6.45, 7) is 4.76. The van der Waals surface area contributed by atoms with Gasteiger partial charge in [-0.25, -0.2) is 0 Å². The second kappa shape index (κ2) is 7.28. The summed E-state index contributed by atoms with van der Waals surface area (Å²) in [7, 11) is 8.48. The zero-order chi connectivity index (χ0) is 20.9. The summed E-state index contributed by atoms with van der Waals surface area (Å²) in [4.78, 5) is 10.0.